The van der Waals surface area contributed by atoms with Crippen LogP contribution in [0.2, 0.25) is 0 Å². The first-order valence-electron chi connectivity index (χ1n) is 12.7. The van der Waals surface area contributed by atoms with Crippen LogP contribution in [0.5, 0.6) is 11.5 Å². The van der Waals surface area contributed by atoms with Crippen LogP contribution in [0.3, 0.4) is 0 Å². The third kappa shape index (κ3) is 9.57. The monoisotopic (exact) mass is 564 g/mol. The van der Waals surface area contributed by atoms with Crippen LogP contribution in [-0.4, -0.2) is 43.7 Å². The van der Waals surface area contributed by atoms with Crippen molar-refractivity contribution in [1.82, 2.24) is 10.7 Å². The summed E-state index contributed by atoms with van der Waals surface area (Å²) in [7, 11) is 0. The molecule has 3 aromatic rings. The summed E-state index contributed by atoms with van der Waals surface area (Å²) in [6.45, 7) is 5.55. The summed E-state index contributed by atoms with van der Waals surface area (Å²) in [5.41, 5.74) is 3.96. The van der Waals surface area contributed by atoms with Crippen molar-refractivity contribution < 1.29 is 32.6 Å². The molecule has 11 heteroatoms. The SMILES string of the molecule is C=CCc1cc(C=NNC(=O)CCNC(=O)c2ccccc2F)cc(OCC)c1OCC(=O)Nc1ccc(F)cc1. The number of carbonyl (C=O) groups is 3. The van der Waals surface area contributed by atoms with E-state index in [-0.39, 0.29) is 25.1 Å². The van der Waals surface area contributed by atoms with Crippen molar-refractivity contribution in [3.63, 3.8) is 0 Å². The molecule has 0 radical (unpaired) electrons. The van der Waals surface area contributed by atoms with E-state index in [1.54, 1.807) is 31.2 Å². The van der Waals surface area contributed by atoms with E-state index in [2.05, 4.69) is 27.7 Å². The smallest absolute Gasteiger partial charge is 0.262 e. The summed E-state index contributed by atoms with van der Waals surface area (Å²) >= 11 is 0. The standard InChI is InChI=1S/C30H30F2N4O5/c1-3-7-21-16-20(18-34-36-27(37)14-15-33-30(39)24-8-5-6-9-25(24)32)17-26(40-4-2)29(21)41-19-28(38)35-23-12-10-22(31)11-13-23/h3,5-6,8-13,16-18H,1,4,7,14-15,19H2,2H3,(H,33,39)(H,35,38)(H,36,37). The number of rotatable bonds is 14. The van der Waals surface area contributed by atoms with Crippen LogP contribution in [0.25, 0.3) is 0 Å². The number of hydrogen-bond acceptors (Lipinski definition) is 6. The highest BCUT2D eigenvalue weighted by Crippen LogP contribution is 2.33. The quantitative estimate of drug-likeness (QED) is 0.153. The lowest BCUT2D eigenvalue weighted by Crippen LogP contribution is -2.29. The van der Waals surface area contributed by atoms with Crippen LogP contribution in [-0.2, 0) is 16.0 Å². The molecule has 0 aromatic heterocycles. The third-order valence-electron chi connectivity index (χ3n) is 5.45. The topological polar surface area (TPSA) is 118 Å². The van der Waals surface area contributed by atoms with E-state index in [1.165, 1.54) is 48.7 Å². The van der Waals surface area contributed by atoms with E-state index in [4.69, 9.17) is 9.47 Å². The number of hydrazone groups is 1. The van der Waals surface area contributed by atoms with Gasteiger partial charge in [-0.25, -0.2) is 14.2 Å². The first kappa shape index (κ1) is 30.5. The summed E-state index contributed by atoms with van der Waals surface area (Å²) in [6, 6.07) is 14.3. The van der Waals surface area contributed by atoms with Gasteiger partial charge in [-0.2, -0.15) is 5.10 Å². The van der Waals surface area contributed by atoms with E-state index in [0.29, 0.717) is 41.3 Å². The second-order valence-corrected chi connectivity index (χ2v) is 8.56. The number of nitrogens with one attached hydrogen (secondary N) is 3. The molecule has 0 aliphatic carbocycles. The summed E-state index contributed by atoms with van der Waals surface area (Å²) in [6.07, 6.45) is 3.39. The van der Waals surface area contributed by atoms with Gasteiger partial charge < -0.3 is 20.1 Å². The van der Waals surface area contributed by atoms with Gasteiger partial charge in [0.2, 0.25) is 5.91 Å². The maximum atomic E-state index is 13.7. The van der Waals surface area contributed by atoms with Gasteiger partial charge in [0, 0.05) is 24.2 Å². The Morgan fingerprint density at radius 1 is 1.00 bits per heavy atom. The van der Waals surface area contributed by atoms with E-state index in [1.807, 2.05) is 0 Å². The van der Waals surface area contributed by atoms with Gasteiger partial charge in [-0.15, -0.1) is 6.58 Å². The fourth-order valence-corrected chi connectivity index (χ4v) is 3.62. The number of nitrogens with zero attached hydrogens (tertiary/aromatic N) is 1. The second-order valence-electron chi connectivity index (χ2n) is 8.56. The van der Waals surface area contributed by atoms with Crippen LogP contribution < -0.4 is 25.5 Å². The molecule has 41 heavy (non-hydrogen) atoms. The molecule has 3 N–H and O–H groups in total. The number of anilines is 1. The Balaban J connectivity index is 1.59. The van der Waals surface area contributed by atoms with Crippen molar-refractivity contribution in [2.45, 2.75) is 19.8 Å². The Morgan fingerprint density at radius 3 is 2.46 bits per heavy atom. The molecule has 0 unspecified atom stereocenters. The average Bonchev–Trinajstić information content (AvgIpc) is 2.94. The lowest BCUT2D eigenvalue weighted by molar-refractivity contribution is -0.121. The van der Waals surface area contributed by atoms with Crippen molar-refractivity contribution >= 4 is 29.6 Å². The Bertz CT molecular complexity index is 1410. The lowest BCUT2D eigenvalue weighted by atomic mass is 10.1. The maximum absolute atomic E-state index is 13.7. The molecule has 0 heterocycles. The molecule has 3 aromatic carbocycles. The highest BCUT2D eigenvalue weighted by atomic mass is 19.1. The van der Waals surface area contributed by atoms with Gasteiger partial charge >= 0.3 is 0 Å². The molecule has 0 aliphatic heterocycles. The third-order valence-corrected chi connectivity index (χ3v) is 5.45. The lowest BCUT2D eigenvalue weighted by Gasteiger charge is -2.16. The van der Waals surface area contributed by atoms with Gasteiger partial charge in [0.25, 0.3) is 11.8 Å². The molecule has 0 atom stereocenters. The fraction of sp³-hybridized carbons (Fsp3) is 0.200. The number of allylic oxidation sites excluding steroid dienone is 1. The van der Waals surface area contributed by atoms with Crippen LogP contribution in [0.15, 0.2) is 78.4 Å². The van der Waals surface area contributed by atoms with Crippen LogP contribution in [0.1, 0.15) is 34.8 Å². The van der Waals surface area contributed by atoms with Crippen LogP contribution in [0, 0.1) is 11.6 Å². The van der Waals surface area contributed by atoms with Gasteiger partial charge in [-0.05, 0) is 67.4 Å². The highest BCUT2D eigenvalue weighted by molar-refractivity contribution is 5.94. The summed E-state index contributed by atoms with van der Waals surface area (Å²) < 4.78 is 38.3. The van der Waals surface area contributed by atoms with Crippen molar-refractivity contribution in [2.75, 3.05) is 25.1 Å². The molecular weight excluding hydrogens is 534 g/mol. The number of carbonyl (C=O) groups excluding carboxylic acids is 3. The first-order chi connectivity index (χ1) is 19.8. The Hall–Kier alpha value is -5.06. The largest absolute Gasteiger partial charge is 0.490 e. The number of hydrogen-bond donors (Lipinski definition) is 3. The van der Waals surface area contributed by atoms with Gasteiger partial charge in [-0.3, -0.25) is 14.4 Å². The molecule has 0 spiro atoms. The molecule has 3 amide bonds. The van der Waals surface area contributed by atoms with E-state index in [0.717, 1.165) is 0 Å². The molecule has 3 rings (SSSR count). The number of halogens is 2. The highest BCUT2D eigenvalue weighted by Gasteiger charge is 2.15. The minimum atomic E-state index is -0.647. The van der Waals surface area contributed by atoms with Gasteiger partial charge in [0.05, 0.1) is 18.4 Å². The summed E-state index contributed by atoms with van der Waals surface area (Å²) in [4.78, 5) is 36.6. The van der Waals surface area contributed by atoms with Gasteiger partial charge in [0.15, 0.2) is 18.1 Å². The Kier molecular flexibility index (Phi) is 11.5. The molecule has 0 saturated heterocycles. The van der Waals surface area contributed by atoms with Crippen molar-refractivity contribution in [2.24, 2.45) is 5.10 Å². The molecule has 9 nitrogen and oxygen atoms in total. The second kappa shape index (κ2) is 15.5. The molecule has 0 bridgehead atoms. The minimum Gasteiger partial charge on any atom is -0.490 e. The molecule has 214 valence electrons. The number of benzene rings is 3. The van der Waals surface area contributed by atoms with Crippen molar-refractivity contribution in [3.05, 3.63) is 102 Å². The minimum absolute atomic E-state index is 0.00668. The average molecular weight is 565 g/mol. The molecule has 0 fully saturated rings. The van der Waals surface area contributed by atoms with Gasteiger partial charge in [0.1, 0.15) is 11.6 Å². The summed E-state index contributed by atoms with van der Waals surface area (Å²) in [5.74, 6) is -1.86. The zero-order chi connectivity index (χ0) is 29.6. The van der Waals surface area contributed by atoms with Crippen molar-refractivity contribution in [1.29, 1.82) is 0 Å². The fourth-order valence-electron chi connectivity index (χ4n) is 3.62. The van der Waals surface area contributed by atoms with E-state index >= 15 is 0 Å². The van der Waals surface area contributed by atoms with E-state index in [9.17, 15) is 23.2 Å². The first-order valence-corrected chi connectivity index (χ1v) is 12.7. The number of ether oxygens (including phenoxy) is 2. The predicted molar refractivity (Wildman–Crippen MR) is 151 cm³/mol. The zero-order valence-electron chi connectivity index (χ0n) is 22.4. The van der Waals surface area contributed by atoms with Gasteiger partial charge in [-0.1, -0.05) is 18.2 Å². The van der Waals surface area contributed by atoms with Crippen LogP contribution in [0.4, 0.5) is 14.5 Å². The number of amides is 3. The summed E-state index contributed by atoms with van der Waals surface area (Å²) in [5, 5.41) is 9.08. The maximum Gasteiger partial charge on any atom is 0.262 e. The van der Waals surface area contributed by atoms with Crippen LogP contribution >= 0.6 is 0 Å². The molecule has 0 saturated carbocycles. The normalized spacial score (nSPS) is 10.6. The Morgan fingerprint density at radius 2 is 1.76 bits per heavy atom. The van der Waals surface area contributed by atoms with Crippen molar-refractivity contribution in [3.8, 4) is 11.5 Å². The predicted octanol–water partition coefficient (Wildman–Crippen LogP) is 4.38. The Labute approximate surface area is 236 Å². The van der Waals surface area contributed by atoms with E-state index < -0.39 is 29.4 Å². The molecular formula is C30H30F2N4O5. The molecule has 0 aliphatic rings. The zero-order valence-corrected chi connectivity index (χ0v) is 22.4.